The second-order valence-corrected chi connectivity index (χ2v) is 8.21. The van der Waals surface area contributed by atoms with Crippen LogP contribution in [0.15, 0.2) is 0 Å². The highest BCUT2D eigenvalue weighted by atomic mass is 16.6. The number of carbonyl (C=O) groups excluding carboxylic acids is 4. The summed E-state index contributed by atoms with van der Waals surface area (Å²) in [7, 11) is 0. The molecule has 1 N–H and O–H groups in total. The fraction of sp³-hybridized carbons (Fsp3) is 0.619. The van der Waals surface area contributed by atoms with Crippen LogP contribution >= 0.6 is 0 Å². The minimum Gasteiger partial charge on any atom is -0.462 e. The fourth-order valence-electron chi connectivity index (χ4n) is 3.44. The highest BCUT2D eigenvalue weighted by Gasteiger charge is 2.38. The van der Waals surface area contributed by atoms with Gasteiger partial charge in [-0.25, -0.2) is 14.4 Å². The Hall–Kier alpha value is -2.84. The maximum atomic E-state index is 12.7. The van der Waals surface area contributed by atoms with Crippen molar-refractivity contribution in [1.29, 1.82) is 0 Å². The summed E-state index contributed by atoms with van der Waals surface area (Å²) in [5.74, 6) is -1.80. The lowest BCUT2D eigenvalue weighted by Gasteiger charge is -2.27. The van der Waals surface area contributed by atoms with Crippen LogP contribution in [0, 0.1) is 13.8 Å². The summed E-state index contributed by atoms with van der Waals surface area (Å²) in [6.45, 7) is 10.3. The predicted octanol–water partition coefficient (Wildman–Crippen LogP) is 2.93. The third kappa shape index (κ3) is 5.40. The maximum absolute atomic E-state index is 12.7. The van der Waals surface area contributed by atoms with E-state index in [1.165, 1.54) is 4.90 Å². The summed E-state index contributed by atoms with van der Waals surface area (Å²) >= 11 is 0. The van der Waals surface area contributed by atoms with Crippen molar-refractivity contribution in [2.45, 2.75) is 66.0 Å². The quantitative estimate of drug-likeness (QED) is 0.426. The second-order valence-electron chi connectivity index (χ2n) is 8.21. The van der Waals surface area contributed by atoms with Gasteiger partial charge in [0.15, 0.2) is 6.61 Å². The summed E-state index contributed by atoms with van der Waals surface area (Å²) in [6.07, 6.45) is 0.480. The van der Waals surface area contributed by atoms with Crippen molar-refractivity contribution in [2.75, 3.05) is 19.8 Å². The number of carbonyl (C=O) groups is 4. The number of aromatic nitrogens is 1. The Morgan fingerprint density at radius 2 is 1.70 bits per heavy atom. The number of nitrogens with one attached hydrogen (secondary N) is 1. The number of H-pyrrole nitrogens is 1. The Morgan fingerprint density at radius 3 is 2.30 bits per heavy atom. The predicted molar refractivity (Wildman–Crippen MR) is 107 cm³/mol. The summed E-state index contributed by atoms with van der Waals surface area (Å²) in [4.78, 5) is 54.1. The lowest BCUT2D eigenvalue weighted by atomic mass is 10.1. The number of rotatable bonds is 6. The van der Waals surface area contributed by atoms with Crippen LogP contribution in [0.5, 0.6) is 0 Å². The van der Waals surface area contributed by atoms with Crippen LogP contribution in [-0.4, -0.2) is 65.1 Å². The monoisotopic (exact) mass is 422 g/mol. The number of ether oxygens (including phenoxy) is 3. The lowest BCUT2D eigenvalue weighted by molar-refractivity contribution is -0.147. The Morgan fingerprint density at radius 1 is 1.07 bits per heavy atom. The van der Waals surface area contributed by atoms with Gasteiger partial charge in [0, 0.05) is 17.9 Å². The molecular weight excluding hydrogens is 392 g/mol. The molecule has 1 fully saturated rings. The van der Waals surface area contributed by atoms with Gasteiger partial charge in [-0.2, -0.15) is 0 Å². The molecule has 0 aliphatic carbocycles. The maximum Gasteiger partial charge on any atom is 0.411 e. The number of aryl methyl sites for hydroxylation is 2. The molecule has 30 heavy (non-hydrogen) atoms. The van der Waals surface area contributed by atoms with Crippen LogP contribution in [-0.2, 0) is 19.0 Å². The van der Waals surface area contributed by atoms with Gasteiger partial charge in [0.05, 0.1) is 17.7 Å². The SMILES string of the molecule is CCOC(=O)c1c(C)[nH]c(C)c1C(=O)COC(=O)[C@@H]1CCCN1C(=O)OC(C)(C)C. The van der Waals surface area contributed by atoms with Crippen molar-refractivity contribution in [2.24, 2.45) is 0 Å². The van der Waals surface area contributed by atoms with Gasteiger partial charge in [0.2, 0.25) is 5.78 Å². The number of ketones is 1. The van der Waals surface area contributed by atoms with Crippen molar-refractivity contribution in [1.82, 2.24) is 9.88 Å². The summed E-state index contributed by atoms with van der Waals surface area (Å²) in [5, 5.41) is 0. The van der Waals surface area contributed by atoms with Gasteiger partial charge in [0.1, 0.15) is 11.6 Å². The molecule has 1 aromatic rings. The minimum absolute atomic E-state index is 0.145. The molecule has 2 rings (SSSR count). The molecule has 2 heterocycles. The molecule has 9 nitrogen and oxygen atoms in total. The number of aromatic amines is 1. The number of Topliss-reactive ketones (excluding diaryl/α,β-unsaturated/α-hetero) is 1. The third-order valence-electron chi connectivity index (χ3n) is 4.63. The van der Waals surface area contributed by atoms with Gasteiger partial charge in [-0.3, -0.25) is 9.69 Å². The van der Waals surface area contributed by atoms with Gasteiger partial charge in [-0.05, 0) is 54.4 Å². The highest BCUT2D eigenvalue weighted by molar-refractivity contribution is 6.09. The molecule has 1 aromatic heterocycles. The molecule has 1 atom stereocenters. The van der Waals surface area contributed by atoms with Crippen molar-refractivity contribution in [3.05, 3.63) is 22.5 Å². The molecule has 0 radical (unpaired) electrons. The van der Waals surface area contributed by atoms with E-state index < -0.39 is 42.1 Å². The van der Waals surface area contributed by atoms with Gasteiger partial charge in [-0.15, -0.1) is 0 Å². The first-order valence-electron chi connectivity index (χ1n) is 10.0. The van der Waals surface area contributed by atoms with Crippen LogP contribution in [0.3, 0.4) is 0 Å². The number of esters is 2. The van der Waals surface area contributed by atoms with Crippen LogP contribution in [0.1, 0.15) is 72.6 Å². The van der Waals surface area contributed by atoms with Crippen LogP contribution in [0.25, 0.3) is 0 Å². The molecule has 0 spiro atoms. The molecule has 0 bridgehead atoms. The van der Waals surface area contributed by atoms with E-state index in [0.717, 1.165) is 0 Å². The zero-order valence-corrected chi connectivity index (χ0v) is 18.4. The van der Waals surface area contributed by atoms with E-state index in [9.17, 15) is 19.2 Å². The van der Waals surface area contributed by atoms with Crippen LogP contribution in [0.4, 0.5) is 4.79 Å². The highest BCUT2D eigenvalue weighted by Crippen LogP contribution is 2.23. The molecule has 0 aromatic carbocycles. The zero-order chi connectivity index (χ0) is 22.6. The summed E-state index contributed by atoms with van der Waals surface area (Å²) in [6, 6.07) is -0.800. The molecule has 1 aliphatic heterocycles. The van der Waals surface area contributed by atoms with Gasteiger partial charge >= 0.3 is 18.0 Å². The standard InChI is InChI=1S/C21H30N2O7/c1-7-28-19(26)17-13(3)22-12(2)16(17)15(24)11-29-18(25)14-9-8-10-23(14)20(27)30-21(4,5)6/h14,22H,7-11H2,1-6H3/t14-/m0/s1. The largest absolute Gasteiger partial charge is 0.462 e. The van der Waals surface area contributed by atoms with Crippen molar-refractivity contribution in [3.63, 3.8) is 0 Å². The first kappa shape index (κ1) is 23.4. The average Bonchev–Trinajstić information content (AvgIpc) is 3.22. The first-order valence-corrected chi connectivity index (χ1v) is 10.0. The molecule has 1 amide bonds. The Labute approximate surface area is 176 Å². The van der Waals surface area contributed by atoms with Crippen LogP contribution in [0.2, 0.25) is 0 Å². The fourth-order valence-corrected chi connectivity index (χ4v) is 3.44. The topological polar surface area (TPSA) is 115 Å². The minimum atomic E-state index is -0.800. The molecule has 1 aliphatic rings. The van der Waals surface area contributed by atoms with Crippen molar-refractivity contribution >= 4 is 23.8 Å². The summed E-state index contributed by atoms with van der Waals surface area (Å²) < 4.78 is 15.6. The molecular formula is C21H30N2O7. The van der Waals surface area contributed by atoms with Crippen molar-refractivity contribution < 1.29 is 33.4 Å². The average molecular weight is 422 g/mol. The van der Waals surface area contributed by atoms with Crippen molar-refractivity contribution in [3.8, 4) is 0 Å². The van der Waals surface area contributed by atoms with E-state index in [4.69, 9.17) is 14.2 Å². The number of amides is 1. The number of hydrogen-bond donors (Lipinski definition) is 1. The van der Waals surface area contributed by atoms with Gasteiger partial charge in [-0.1, -0.05) is 0 Å². The Kier molecular flexibility index (Phi) is 7.28. The third-order valence-corrected chi connectivity index (χ3v) is 4.63. The molecule has 1 saturated heterocycles. The van der Waals surface area contributed by atoms with E-state index in [2.05, 4.69) is 4.98 Å². The molecule has 0 unspecified atom stereocenters. The second kappa shape index (κ2) is 9.32. The van der Waals surface area contributed by atoms with E-state index in [1.54, 1.807) is 41.5 Å². The molecule has 166 valence electrons. The smallest absolute Gasteiger partial charge is 0.411 e. The first-order chi connectivity index (χ1) is 14.0. The van der Waals surface area contributed by atoms with Crippen LogP contribution < -0.4 is 0 Å². The normalized spacial score (nSPS) is 16.3. The number of likely N-dealkylation sites (tertiary alicyclic amines) is 1. The zero-order valence-electron chi connectivity index (χ0n) is 18.4. The molecule has 9 heteroatoms. The Balaban J connectivity index is 2.07. The van der Waals surface area contributed by atoms with E-state index in [1.807, 2.05) is 0 Å². The van der Waals surface area contributed by atoms with E-state index in [-0.39, 0.29) is 17.7 Å². The lowest BCUT2D eigenvalue weighted by Crippen LogP contribution is -2.44. The van der Waals surface area contributed by atoms with Gasteiger partial charge in [0.25, 0.3) is 0 Å². The molecule has 0 saturated carbocycles. The van der Waals surface area contributed by atoms with E-state index >= 15 is 0 Å². The number of hydrogen-bond acceptors (Lipinski definition) is 7. The van der Waals surface area contributed by atoms with E-state index in [0.29, 0.717) is 30.8 Å². The Bertz CT molecular complexity index is 835. The summed E-state index contributed by atoms with van der Waals surface area (Å²) in [5.41, 5.74) is 0.609. The number of nitrogens with zero attached hydrogens (tertiary/aromatic N) is 1. The van der Waals surface area contributed by atoms with Gasteiger partial charge < -0.3 is 19.2 Å².